The summed E-state index contributed by atoms with van der Waals surface area (Å²) in [5.41, 5.74) is 6.59. The molecular formula is C24H22N2O3. The minimum atomic E-state index is -0.436. The lowest BCUT2D eigenvalue weighted by atomic mass is 9.99. The van der Waals surface area contributed by atoms with Crippen LogP contribution in [-0.2, 0) is 11.2 Å². The number of hydrogen-bond acceptors (Lipinski definition) is 4. The van der Waals surface area contributed by atoms with Gasteiger partial charge in [-0.1, -0.05) is 29.8 Å². The van der Waals surface area contributed by atoms with Gasteiger partial charge in [0.25, 0.3) is 0 Å². The highest BCUT2D eigenvalue weighted by atomic mass is 16.5. The largest absolute Gasteiger partial charge is 0.497 e. The van der Waals surface area contributed by atoms with Crippen LogP contribution in [0.25, 0.3) is 22.2 Å². The van der Waals surface area contributed by atoms with E-state index >= 15 is 0 Å². The maximum Gasteiger partial charge on any atom is 0.356 e. The standard InChI is InChI=1S/C24H22N2O3/c1-15-6-4-7-16(12-15)23-20(19-11-10-18(28-2)14-22(19)26-23)13-17-8-5-9-21(25-17)24(27)29-3/h4-12,14,26H,13H2,1-3H3. The van der Waals surface area contributed by atoms with Gasteiger partial charge in [-0.2, -0.15) is 0 Å². The van der Waals surface area contributed by atoms with E-state index in [1.807, 2.05) is 24.3 Å². The van der Waals surface area contributed by atoms with Crippen LogP contribution in [0.15, 0.2) is 60.7 Å². The SMILES string of the molecule is COC(=O)c1cccc(Cc2c(-c3cccc(C)c3)[nH]c3cc(OC)ccc23)n1. The molecule has 146 valence electrons. The predicted molar refractivity (Wildman–Crippen MR) is 113 cm³/mol. The number of esters is 1. The molecule has 0 fully saturated rings. The molecule has 0 aliphatic carbocycles. The number of carbonyl (C=O) groups excluding carboxylic acids is 1. The van der Waals surface area contributed by atoms with Crippen LogP contribution in [0.4, 0.5) is 0 Å². The van der Waals surface area contributed by atoms with Crippen molar-refractivity contribution in [1.82, 2.24) is 9.97 Å². The normalized spacial score (nSPS) is 10.9. The molecule has 2 heterocycles. The second kappa shape index (κ2) is 7.80. The Bertz CT molecular complexity index is 1190. The van der Waals surface area contributed by atoms with E-state index in [-0.39, 0.29) is 0 Å². The molecule has 5 nitrogen and oxygen atoms in total. The Morgan fingerprint density at radius 3 is 2.62 bits per heavy atom. The molecule has 0 spiro atoms. The van der Waals surface area contributed by atoms with Crippen LogP contribution < -0.4 is 4.74 Å². The van der Waals surface area contributed by atoms with Crippen molar-refractivity contribution < 1.29 is 14.3 Å². The molecule has 0 aliphatic rings. The van der Waals surface area contributed by atoms with Crippen molar-refractivity contribution in [1.29, 1.82) is 0 Å². The molecule has 0 bridgehead atoms. The lowest BCUT2D eigenvalue weighted by Gasteiger charge is -2.07. The van der Waals surface area contributed by atoms with Gasteiger partial charge in [-0.05, 0) is 48.4 Å². The molecule has 1 N–H and O–H groups in total. The number of rotatable bonds is 5. The first kappa shape index (κ1) is 18.7. The number of H-pyrrole nitrogens is 1. The number of aromatic amines is 1. The number of hydrogen-bond donors (Lipinski definition) is 1. The molecular weight excluding hydrogens is 364 g/mol. The number of methoxy groups -OCH3 is 2. The molecule has 0 saturated heterocycles. The third-order valence-electron chi connectivity index (χ3n) is 4.98. The number of ether oxygens (including phenoxy) is 2. The van der Waals surface area contributed by atoms with Crippen molar-refractivity contribution >= 4 is 16.9 Å². The summed E-state index contributed by atoms with van der Waals surface area (Å²) in [6.07, 6.45) is 0.584. The summed E-state index contributed by atoms with van der Waals surface area (Å²) >= 11 is 0. The Morgan fingerprint density at radius 1 is 1.03 bits per heavy atom. The number of fused-ring (bicyclic) bond motifs is 1. The Hall–Kier alpha value is -3.60. The minimum absolute atomic E-state index is 0.309. The Balaban J connectivity index is 1.86. The van der Waals surface area contributed by atoms with Gasteiger partial charge in [0.2, 0.25) is 0 Å². The molecule has 0 atom stereocenters. The Morgan fingerprint density at radius 2 is 1.86 bits per heavy atom. The predicted octanol–water partition coefficient (Wildman–Crippen LogP) is 4.92. The van der Waals surface area contributed by atoms with Crippen LogP contribution in [0.3, 0.4) is 0 Å². The molecule has 0 amide bonds. The first-order chi connectivity index (χ1) is 14.1. The van der Waals surface area contributed by atoms with Crippen LogP contribution in [0.1, 0.15) is 27.3 Å². The van der Waals surface area contributed by atoms with E-state index in [1.165, 1.54) is 12.7 Å². The zero-order valence-electron chi connectivity index (χ0n) is 16.7. The summed E-state index contributed by atoms with van der Waals surface area (Å²) in [4.78, 5) is 19.9. The number of aryl methyl sites for hydroxylation is 1. The first-order valence-electron chi connectivity index (χ1n) is 9.39. The lowest BCUT2D eigenvalue weighted by molar-refractivity contribution is 0.0593. The van der Waals surface area contributed by atoms with Crippen LogP contribution in [0.5, 0.6) is 5.75 Å². The van der Waals surface area contributed by atoms with Crippen LogP contribution in [-0.4, -0.2) is 30.2 Å². The maximum atomic E-state index is 11.9. The van der Waals surface area contributed by atoms with E-state index in [9.17, 15) is 4.79 Å². The summed E-state index contributed by atoms with van der Waals surface area (Å²) in [6, 6.07) is 19.8. The molecule has 0 unspecified atom stereocenters. The van der Waals surface area contributed by atoms with Gasteiger partial charge in [0.1, 0.15) is 11.4 Å². The zero-order valence-corrected chi connectivity index (χ0v) is 16.7. The van der Waals surface area contributed by atoms with E-state index in [1.54, 1.807) is 13.2 Å². The molecule has 29 heavy (non-hydrogen) atoms. The van der Waals surface area contributed by atoms with Gasteiger partial charge in [0.15, 0.2) is 0 Å². The fraction of sp³-hybridized carbons (Fsp3) is 0.167. The Labute approximate surface area is 169 Å². The van der Waals surface area contributed by atoms with Crippen LogP contribution >= 0.6 is 0 Å². The van der Waals surface area contributed by atoms with Gasteiger partial charge >= 0.3 is 5.97 Å². The number of nitrogens with zero attached hydrogens (tertiary/aromatic N) is 1. The number of carbonyl (C=O) groups is 1. The summed E-state index contributed by atoms with van der Waals surface area (Å²) in [7, 11) is 3.02. The topological polar surface area (TPSA) is 64.2 Å². The van der Waals surface area contributed by atoms with Crippen molar-refractivity contribution in [2.45, 2.75) is 13.3 Å². The summed E-state index contributed by atoms with van der Waals surface area (Å²) in [5.74, 6) is 0.362. The number of benzene rings is 2. The van der Waals surface area contributed by atoms with Gasteiger partial charge in [-0.25, -0.2) is 9.78 Å². The number of pyridine rings is 1. The summed E-state index contributed by atoms with van der Waals surface area (Å²) < 4.78 is 10.2. The second-order valence-electron chi connectivity index (χ2n) is 6.94. The average Bonchev–Trinajstić information content (AvgIpc) is 3.10. The molecule has 0 saturated carbocycles. The van der Waals surface area contributed by atoms with Gasteiger partial charge in [0, 0.05) is 29.1 Å². The van der Waals surface area contributed by atoms with Crippen molar-refractivity contribution in [2.75, 3.05) is 14.2 Å². The molecule has 4 aromatic rings. The molecule has 4 rings (SSSR count). The minimum Gasteiger partial charge on any atom is -0.497 e. The third kappa shape index (κ3) is 3.72. The average molecular weight is 386 g/mol. The molecule has 2 aromatic heterocycles. The van der Waals surface area contributed by atoms with Crippen LogP contribution in [0, 0.1) is 6.92 Å². The van der Waals surface area contributed by atoms with E-state index in [4.69, 9.17) is 9.47 Å². The quantitative estimate of drug-likeness (QED) is 0.494. The monoisotopic (exact) mass is 386 g/mol. The van der Waals surface area contributed by atoms with Gasteiger partial charge in [-0.15, -0.1) is 0 Å². The fourth-order valence-corrected chi connectivity index (χ4v) is 3.57. The zero-order chi connectivity index (χ0) is 20.4. The van der Waals surface area contributed by atoms with Crippen molar-refractivity contribution in [3.8, 4) is 17.0 Å². The fourth-order valence-electron chi connectivity index (χ4n) is 3.57. The first-order valence-corrected chi connectivity index (χ1v) is 9.39. The second-order valence-corrected chi connectivity index (χ2v) is 6.94. The van der Waals surface area contributed by atoms with Crippen molar-refractivity contribution in [3.63, 3.8) is 0 Å². The smallest absolute Gasteiger partial charge is 0.356 e. The molecule has 5 heteroatoms. The number of nitrogens with one attached hydrogen (secondary N) is 1. The van der Waals surface area contributed by atoms with Gasteiger partial charge < -0.3 is 14.5 Å². The highest BCUT2D eigenvalue weighted by Crippen LogP contribution is 2.34. The lowest BCUT2D eigenvalue weighted by Crippen LogP contribution is -2.06. The molecule has 2 aromatic carbocycles. The Kier molecular flexibility index (Phi) is 5.04. The maximum absolute atomic E-state index is 11.9. The van der Waals surface area contributed by atoms with Gasteiger partial charge in [0.05, 0.1) is 19.9 Å². The highest BCUT2D eigenvalue weighted by Gasteiger charge is 2.16. The van der Waals surface area contributed by atoms with Crippen LogP contribution in [0.2, 0.25) is 0 Å². The summed E-state index contributed by atoms with van der Waals surface area (Å²) in [5, 5.41) is 1.10. The summed E-state index contributed by atoms with van der Waals surface area (Å²) in [6.45, 7) is 2.08. The van der Waals surface area contributed by atoms with E-state index in [2.05, 4.69) is 47.2 Å². The highest BCUT2D eigenvalue weighted by molar-refractivity contribution is 5.92. The van der Waals surface area contributed by atoms with Crippen molar-refractivity contribution in [2.24, 2.45) is 0 Å². The van der Waals surface area contributed by atoms with E-state index in [0.717, 1.165) is 39.2 Å². The van der Waals surface area contributed by atoms with E-state index in [0.29, 0.717) is 12.1 Å². The van der Waals surface area contributed by atoms with Crippen molar-refractivity contribution in [3.05, 3.63) is 83.2 Å². The van der Waals surface area contributed by atoms with Gasteiger partial charge in [-0.3, -0.25) is 0 Å². The molecule has 0 aliphatic heterocycles. The van der Waals surface area contributed by atoms with E-state index < -0.39 is 5.97 Å². The third-order valence-corrected chi connectivity index (χ3v) is 4.98. The number of aromatic nitrogens is 2. The molecule has 0 radical (unpaired) electrons.